The molecule has 0 spiro atoms. The highest BCUT2D eigenvalue weighted by Gasteiger charge is 2.26. The molecule has 0 bridgehead atoms. The van der Waals surface area contributed by atoms with Gasteiger partial charge < -0.3 is 4.98 Å². The maximum Gasteiger partial charge on any atom is 0.0922 e. The third-order valence-electron chi connectivity index (χ3n) is 3.20. The van der Waals surface area contributed by atoms with Crippen molar-refractivity contribution in [1.82, 2.24) is 14.9 Å². The molecular weight excluding hydrogens is 162 g/mol. The van der Waals surface area contributed by atoms with Crippen LogP contribution in [-0.4, -0.2) is 27.5 Å². The minimum absolute atomic E-state index is 0.711. The summed E-state index contributed by atoms with van der Waals surface area (Å²) in [6, 6.07) is 0.711. The summed E-state index contributed by atoms with van der Waals surface area (Å²) in [5, 5.41) is 0. The average molecular weight is 179 g/mol. The molecule has 2 atom stereocenters. The van der Waals surface area contributed by atoms with Crippen LogP contribution in [0.4, 0.5) is 0 Å². The van der Waals surface area contributed by atoms with E-state index >= 15 is 0 Å². The molecule has 1 aliphatic heterocycles. The van der Waals surface area contributed by atoms with E-state index in [9.17, 15) is 0 Å². The molecule has 3 nitrogen and oxygen atoms in total. The highest BCUT2D eigenvalue weighted by atomic mass is 15.2. The van der Waals surface area contributed by atoms with Gasteiger partial charge in [0.05, 0.1) is 6.33 Å². The van der Waals surface area contributed by atoms with Gasteiger partial charge in [-0.25, -0.2) is 4.98 Å². The molecular formula is C10H17N3. The monoisotopic (exact) mass is 179 g/mol. The summed E-state index contributed by atoms with van der Waals surface area (Å²) in [5.41, 5.74) is 1.22. The van der Waals surface area contributed by atoms with Gasteiger partial charge >= 0.3 is 0 Å². The molecule has 1 aliphatic rings. The van der Waals surface area contributed by atoms with Gasteiger partial charge in [-0.05, 0) is 25.8 Å². The van der Waals surface area contributed by atoms with Crippen molar-refractivity contribution < 1.29 is 0 Å². The Labute approximate surface area is 79.2 Å². The van der Waals surface area contributed by atoms with Gasteiger partial charge in [-0.1, -0.05) is 6.92 Å². The molecule has 0 saturated carbocycles. The fourth-order valence-electron chi connectivity index (χ4n) is 1.99. The fourth-order valence-corrected chi connectivity index (χ4v) is 1.99. The first kappa shape index (κ1) is 8.75. The Bertz CT molecular complexity index is 255. The summed E-state index contributed by atoms with van der Waals surface area (Å²) in [4.78, 5) is 9.68. The Kier molecular flexibility index (Phi) is 2.36. The van der Waals surface area contributed by atoms with Gasteiger partial charge in [0.25, 0.3) is 0 Å². The molecule has 2 unspecified atom stereocenters. The van der Waals surface area contributed by atoms with Crippen LogP contribution < -0.4 is 0 Å². The Morgan fingerprint density at radius 1 is 1.62 bits per heavy atom. The van der Waals surface area contributed by atoms with Crippen LogP contribution in [0.3, 0.4) is 0 Å². The molecule has 1 saturated heterocycles. The van der Waals surface area contributed by atoms with Crippen molar-refractivity contribution in [3.05, 3.63) is 18.2 Å². The van der Waals surface area contributed by atoms with E-state index in [2.05, 4.69) is 28.7 Å². The number of imidazole rings is 1. The van der Waals surface area contributed by atoms with Crippen molar-refractivity contribution in [3.63, 3.8) is 0 Å². The van der Waals surface area contributed by atoms with E-state index in [4.69, 9.17) is 0 Å². The quantitative estimate of drug-likeness (QED) is 0.748. The van der Waals surface area contributed by atoms with Crippen molar-refractivity contribution in [1.29, 1.82) is 0 Å². The lowest BCUT2D eigenvalue weighted by molar-refractivity contribution is 0.237. The average Bonchev–Trinajstić information content (AvgIpc) is 2.71. The van der Waals surface area contributed by atoms with E-state index < -0.39 is 0 Å². The normalized spacial score (nSPS) is 29.7. The zero-order valence-electron chi connectivity index (χ0n) is 8.33. The first-order valence-electron chi connectivity index (χ1n) is 4.98. The van der Waals surface area contributed by atoms with Gasteiger partial charge in [-0.3, -0.25) is 4.90 Å². The summed E-state index contributed by atoms with van der Waals surface area (Å²) < 4.78 is 0. The number of hydrogen-bond acceptors (Lipinski definition) is 2. The summed E-state index contributed by atoms with van der Waals surface area (Å²) in [7, 11) is 0. The largest absolute Gasteiger partial charge is 0.347 e. The minimum atomic E-state index is 0.711. The topological polar surface area (TPSA) is 31.9 Å². The van der Waals surface area contributed by atoms with E-state index in [1.54, 1.807) is 6.33 Å². The number of aromatic nitrogens is 2. The fraction of sp³-hybridized carbons (Fsp3) is 0.700. The summed E-state index contributed by atoms with van der Waals surface area (Å²) in [6.07, 6.45) is 4.99. The van der Waals surface area contributed by atoms with Crippen LogP contribution in [0, 0.1) is 5.92 Å². The van der Waals surface area contributed by atoms with Crippen LogP contribution in [-0.2, 0) is 6.54 Å². The molecule has 0 aliphatic carbocycles. The summed E-state index contributed by atoms with van der Waals surface area (Å²) in [5.74, 6) is 0.836. The lowest BCUT2D eigenvalue weighted by atomic mass is 10.1. The highest BCUT2D eigenvalue weighted by Crippen LogP contribution is 2.24. The Balaban J connectivity index is 1.96. The van der Waals surface area contributed by atoms with E-state index in [1.807, 2.05) is 6.20 Å². The second-order valence-electron chi connectivity index (χ2n) is 4.05. The molecule has 0 aromatic carbocycles. The number of rotatable bonds is 2. The predicted molar refractivity (Wildman–Crippen MR) is 52.2 cm³/mol. The molecule has 0 radical (unpaired) electrons. The minimum Gasteiger partial charge on any atom is -0.347 e. The molecule has 2 rings (SSSR count). The van der Waals surface area contributed by atoms with E-state index in [1.165, 1.54) is 18.7 Å². The van der Waals surface area contributed by atoms with E-state index in [0.717, 1.165) is 12.5 Å². The maximum atomic E-state index is 4.03. The van der Waals surface area contributed by atoms with Crippen molar-refractivity contribution >= 4 is 0 Å². The Morgan fingerprint density at radius 2 is 2.46 bits per heavy atom. The molecule has 72 valence electrons. The lowest BCUT2D eigenvalue weighted by Crippen LogP contribution is -2.28. The second-order valence-corrected chi connectivity index (χ2v) is 4.05. The van der Waals surface area contributed by atoms with Gasteiger partial charge in [-0.15, -0.1) is 0 Å². The Morgan fingerprint density at radius 3 is 3.00 bits per heavy atom. The lowest BCUT2D eigenvalue weighted by Gasteiger charge is -2.21. The number of nitrogens with zero attached hydrogens (tertiary/aromatic N) is 2. The van der Waals surface area contributed by atoms with Crippen molar-refractivity contribution in [2.75, 3.05) is 6.54 Å². The van der Waals surface area contributed by atoms with Crippen LogP contribution in [0.2, 0.25) is 0 Å². The molecule has 3 heteroatoms. The van der Waals surface area contributed by atoms with E-state index in [-0.39, 0.29) is 0 Å². The molecule has 0 amide bonds. The van der Waals surface area contributed by atoms with Gasteiger partial charge in [0.2, 0.25) is 0 Å². The van der Waals surface area contributed by atoms with E-state index in [0.29, 0.717) is 6.04 Å². The van der Waals surface area contributed by atoms with Crippen LogP contribution in [0.15, 0.2) is 12.5 Å². The van der Waals surface area contributed by atoms with Crippen LogP contribution in [0.5, 0.6) is 0 Å². The Hall–Kier alpha value is -0.830. The van der Waals surface area contributed by atoms with Crippen molar-refractivity contribution in [2.24, 2.45) is 5.92 Å². The first-order chi connectivity index (χ1) is 6.27. The number of aromatic amines is 1. The first-order valence-corrected chi connectivity index (χ1v) is 4.98. The molecule has 2 heterocycles. The smallest absolute Gasteiger partial charge is 0.0922 e. The van der Waals surface area contributed by atoms with Gasteiger partial charge in [-0.2, -0.15) is 0 Å². The van der Waals surface area contributed by atoms with Gasteiger partial charge in [0, 0.05) is 24.5 Å². The van der Waals surface area contributed by atoms with Crippen LogP contribution in [0.25, 0.3) is 0 Å². The van der Waals surface area contributed by atoms with Gasteiger partial charge in [0.15, 0.2) is 0 Å². The van der Waals surface area contributed by atoms with Gasteiger partial charge in [0.1, 0.15) is 0 Å². The molecule has 13 heavy (non-hydrogen) atoms. The standard InChI is InChI=1S/C10H17N3/c1-8-3-4-13(9(8)2)6-10-5-11-7-12-10/h5,7-9H,3-4,6H2,1-2H3,(H,11,12). The maximum absolute atomic E-state index is 4.03. The third-order valence-corrected chi connectivity index (χ3v) is 3.20. The van der Waals surface area contributed by atoms with Crippen LogP contribution in [0.1, 0.15) is 26.0 Å². The molecule has 1 aromatic heterocycles. The number of likely N-dealkylation sites (tertiary alicyclic amines) is 1. The van der Waals surface area contributed by atoms with Crippen LogP contribution >= 0.6 is 0 Å². The third kappa shape index (κ3) is 1.75. The number of H-pyrrole nitrogens is 1. The highest BCUT2D eigenvalue weighted by molar-refractivity contribution is 4.96. The molecule has 1 N–H and O–H groups in total. The molecule has 1 fully saturated rings. The number of hydrogen-bond donors (Lipinski definition) is 1. The zero-order chi connectivity index (χ0) is 9.26. The van der Waals surface area contributed by atoms with Crippen molar-refractivity contribution in [2.45, 2.75) is 32.9 Å². The second kappa shape index (κ2) is 3.50. The predicted octanol–water partition coefficient (Wildman–Crippen LogP) is 1.64. The number of nitrogens with one attached hydrogen (secondary N) is 1. The summed E-state index contributed by atoms with van der Waals surface area (Å²) >= 11 is 0. The zero-order valence-corrected chi connectivity index (χ0v) is 8.33. The molecule has 1 aromatic rings. The van der Waals surface area contributed by atoms with Crippen molar-refractivity contribution in [3.8, 4) is 0 Å². The summed E-state index contributed by atoms with van der Waals surface area (Å²) in [6.45, 7) is 6.89. The SMILES string of the molecule is CC1CCN(Cc2cnc[nH]2)C1C.